The predicted octanol–water partition coefficient (Wildman–Crippen LogP) is 3.37. The summed E-state index contributed by atoms with van der Waals surface area (Å²) in [6.07, 6.45) is 0. The average molecular weight is 311 g/mol. The smallest absolute Gasteiger partial charge is 0.257 e. The molecule has 0 aliphatic heterocycles. The first-order valence-electron chi connectivity index (χ1n) is 6.65. The maximum Gasteiger partial charge on any atom is 0.257 e. The summed E-state index contributed by atoms with van der Waals surface area (Å²) in [5, 5.41) is 10.6. The molecule has 3 rings (SSSR count). The number of hydrogen-bond donors (Lipinski definition) is 1. The average Bonchev–Trinajstić information content (AvgIpc) is 3.07. The van der Waals surface area contributed by atoms with Crippen LogP contribution in [0.1, 0.15) is 15.9 Å². The molecule has 0 unspecified atom stereocenters. The van der Waals surface area contributed by atoms with E-state index in [0.717, 1.165) is 11.3 Å². The lowest BCUT2D eigenvalue weighted by Crippen LogP contribution is -2.11. The molecule has 2 aromatic carbocycles. The summed E-state index contributed by atoms with van der Waals surface area (Å²) in [4.78, 5) is 12.0. The van der Waals surface area contributed by atoms with Gasteiger partial charge in [0, 0.05) is 5.56 Å². The fourth-order valence-electron chi connectivity index (χ4n) is 1.83. The highest BCUT2D eigenvalue weighted by Crippen LogP contribution is 2.14. The monoisotopic (exact) mass is 311 g/mol. The first kappa shape index (κ1) is 14.2. The third-order valence-corrected chi connectivity index (χ3v) is 3.55. The number of nitrogens with one attached hydrogen (secondary N) is 1. The minimum absolute atomic E-state index is 0.202. The molecule has 0 saturated carbocycles. The molecule has 6 heteroatoms. The second-order valence-electron chi connectivity index (χ2n) is 4.50. The maximum absolute atomic E-state index is 12.0. The molecule has 0 aliphatic carbocycles. The van der Waals surface area contributed by atoms with E-state index in [2.05, 4.69) is 15.5 Å². The Balaban J connectivity index is 1.59. The molecule has 22 heavy (non-hydrogen) atoms. The number of aromatic nitrogens is 2. The summed E-state index contributed by atoms with van der Waals surface area (Å²) in [5.74, 6) is 0.618. The molecule has 0 spiro atoms. The lowest BCUT2D eigenvalue weighted by Gasteiger charge is -2.07. The number of hydrogen-bond acceptors (Lipinski definition) is 5. The highest BCUT2D eigenvalue weighted by molar-refractivity contribution is 7.13. The Morgan fingerprint density at radius 2 is 1.86 bits per heavy atom. The molecule has 1 heterocycles. The number of anilines is 1. The van der Waals surface area contributed by atoms with E-state index in [1.165, 1.54) is 11.3 Å². The second-order valence-corrected chi connectivity index (χ2v) is 5.33. The van der Waals surface area contributed by atoms with Crippen LogP contribution in [-0.2, 0) is 6.61 Å². The van der Waals surface area contributed by atoms with Crippen LogP contribution < -0.4 is 10.1 Å². The minimum atomic E-state index is -0.202. The molecule has 0 aliphatic rings. The number of carbonyl (C=O) groups is 1. The van der Waals surface area contributed by atoms with Crippen LogP contribution in [-0.4, -0.2) is 16.1 Å². The topological polar surface area (TPSA) is 64.1 Å². The molecule has 1 N–H and O–H groups in total. The molecule has 0 fully saturated rings. The molecule has 0 saturated heterocycles. The summed E-state index contributed by atoms with van der Waals surface area (Å²) >= 11 is 1.28. The van der Waals surface area contributed by atoms with Crippen LogP contribution >= 0.6 is 11.3 Å². The van der Waals surface area contributed by atoms with E-state index in [1.807, 2.05) is 42.5 Å². The van der Waals surface area contributed by atoms with Crippen molar-refractivity contribution in [2.24, 2.45) is 0 Å². The van der Waals surface area contributed by atoms with Gasteiger partial charge < -0.3 is 4.74 Å². The molecule has 1 amide bonds. The number of para-hydroxylation sites is 1. The lowest BCUT2D eigenvalue weighted by molar-refractivity contribution is 0.102. The van der Waals surface area contributed by atoms with Crippen molar-refractivity contribution in [3.05, 3.63) is 71.2 Å². The molecule has 3 aromatic rings. The highest BCUT2D eigenvalue weighted by Gasteiger charge is 2.07. The summed E-state index contributed by atoms with van der Waals surface area (Å²) in [6.45, 7) is 0.461. The van der Waals surface area contributed by atoms with Crippen LogP contribution in [0.25, 0.3) is 0 Å². The zero-order valence-electron chi connectivity index (χ0n) is 11.6. The quantitative estimate of drug-likeness (QED) is 0.784. The van der Waals surface area contributed by atoms with Gasteiger partial charge in [-0.15, -0.1) is 10.2 Å². The Kier molecular flexibility index (Phi) is 4.41. The Morgan fingerprint density at radius 1 is 1.09 bits per heavy atom. The molecular formula is C16H13N3O2S. The summed E-state index contributed by atoms with van der Waals surface area (Å²) in [6, 6.07) is 16.9. The van der Waals surface area contributed by atoms with Crippen LogP contribution in [0.4, 0.5) is 5.13 Å². The summed E-state index contributed by atoms with van der Waals surface area (Å²) in [5.41, 5.74) is 3.13. The molecule has 0 radical (unpaired) electrons. The molecular weight excluding hydrogens is 298 g/mol. The van der Waals surface area contributed by atoms with Gasteiger partial charge >= 0.3 is 0 Å². The lowest BCUT2D eigenvalue weighted by atomic mass is 10.1. The van der Waals surface area contributed by atoms with Gasteiger partial charge in [-0.05, 0) is 29.8 Å². The third kappa shape index (κ3) is 3.67. The molecule has 110 valence electrons. The summed E-state index contributed by atoms with van der Waals surface area (Å²) < 4.78 is 5.66. The number of carbonyl (C=O) groups excluding carboxylic acids is 1. The Hall–Kier alpha value is -2.73. The van der Waals surface area contributed by atoms with Crippen LogP contribution in [0.5, 0.6) is 5.75 Å². The second kappa shape index (κ2) is 6.82. The maximum atomic E-state index is 12.0. The van der Waals surface area contributed by atoms with Gasteiger partial charge in [-0.1, -0.05) is 41.7 Å². The van der Waals surface area contributed by atoms with E-state index < -0.39 is 0 Å². The van der Waals surface area contributed by atoms with E-state index in [1.54, 1.807) is 17.6 Å². The number of nitrogens with zero attached hydrogens (tertiary/aromatic N) is 2. The van der Waals surface area contributed by atoms with Crippen molar-refractivity contribution in [3.63, 3.8) is 0 Å². The van der Waals surface area contributed by atoms with E-state index in [0.29, 0.717) is 17.3 Å². The largest absolute Gasteiger partial charge is 0.489 e. The van der Waals surface area contributed by atoms with Crippen molar-refractivity contribution in [2.75, 3.05) is 5.32 Å². The normalized spacial score (nSPS) is 10.2. The molecule has 1 aromatic heterocycles. The van der Waals surface area contributed by atoms with Gasteiger partial charge in [0.2, 0.25) is 5.13 Å². The van der Waals surface area contributed by atoms with Crippen LogP contribution in [0.2, 0.25) is 0 Å². The number of ether oxygens (including phenoxy) is 1. The van der Waals surface area contributed by atoms with Gasteiger partial charge in [0.15, 0.2) is 0 Å². The van der Waals surface area contributed by atoms with Crippen molar-refractivity contribution in [3.8, 4) is 5.75 Å². The SMILES string of the molecule is O=C(Nc1nncs1)c1ccc(COc2ccccc2)cc1. The van der Waals surface area contributed by atoms with Crippen molar-refractivity contribution >= 4 is 22.4 Å². The molecule has 0 atom stereocenters. The minimum Gasteiger partial charge on any atom is -0.489 e. The van der Waals surface area contributed by atoms with Crippen molar-refractivity contribution in [1.82, 2.24) is 10.2 Å². The van der Waals surface area contributed by atoms with E-state index >= 15 is 0 Å². The standard InChI is InChI=1S/C16H13N3O2S/c20-15(18-16-19-17-11-22-16)13-8-6-12(7-9-13)10-21-14-4-2-1-3-5-14/h1-9,11H,10H2,(H,18,19,20). The Labute approximate surface area is 131 Å². The van der Waals surface area contributed by atoms with Gasteiger partial charge in [0.25, 0.3) is 5.91 Å². The van der Waals surface area contributed by atoms with E-state index in [4.69, 9.17) is 4.74 Å². The van der Waals surface area contributed by atoms with Gasteiger partial charge in [0.05, 0.1) is 0 Å². The fraction of sp³-hybridized carbons (Fsp3) is 0.0625. The van der Waals surface area contributed by atoms with Gasteiger partial charge in [0.1, 0.15) is 17.9 Å². The first-order valence-corrected chi connectivity index (χ1v) is 7.53. The van der Waals surface area contributed by atoms with Gasteiger partial charge in [-0.2, -0.15) is 0 Å². The van der Waals surface area contributed by atoms with Crippen molar-refractivity contribution in [2.45, 2.75) is 6.61 Å². The highest BCUT2D eigenvalue weighted by atomic mass is 32.1. The van der Waals surface area contributed by atoms with Crippen LogP contribution in [0.15, 0.2) is 60.1 Å². The van der Waals surface area contributed by atoms with Gasteiger partial charge in [-0.3, -0.25) is 10.1 Å². The number of benzene rings is 2. The van der Waals surface area contributed by atoms with Crippen molar-refractivity contribution < 1.29 is 9.53 Å². The first-order chi connectivity index (χ1) is 10.8. The number of rotatable bonds is 5. The zero-order chi connectivity index (χ0) is 15.2. The van der Waals surface area contributed by atoms with Crippen molar-refractivity contribution in [1.29, 1.82) is 0 Å². The van der Waals surface area contributed by atoms with E-state index in [9.17, 15) is 4.79 Å². The Bertz CT molecular complexity index is 728. The van der Waals surface area contributed by atoms with Crippen LogP contribution in [0, 0.1) is 0 Å². The van der Waals surface area contributed by atoms with Gasteiger partial charge in [-0.25, -0.2) is 0 Å². The van der Waals surface area contributed by atoms with E-state index in [-0.39, 0.29) is 5.91 Å². The third-order valence-electron chi connectivity index (χ3n) is 2.95. The Morgan fingerprint density at radius 3 is 2.55 bits per heavy atom. The summed E-state index contributed by atoms with van der Waals surface area (Å²) in [7, 11) is 0. The molecule has 0 bridgehead atoms. The fourth-order valence-corrected chi connectivity index (χ4v) is 2.27. The number of amides is 1. The van der Waals surface area contributed by atoms with Crippen LogP contribution in [0.3, 0.4) is 0 Å². The predicted molar refractivity (Wildman–Crippen MR) is 85.1 cm³/mol. The molecule has 5 nitrogen and oxygen atoms in total. The zero-order valence-corrected chi connectivity index (χ0v) is 12.4.